The molecule has 1 aromatic heterocycles. The van der Waals surface area contributed by atoms with E-state index in [-0.39, 0.29) is 5.91 Å². The van der Waals surface area contributed by atoms with Gasteiger partial charge in [-0.1, -0.05) is 0 Å². The first-order valence-electron chi connectivity index (χ1n) is 5.31. The summed E-state index contributed by atoms with van der Waals surface area (Å²) < 4.78 is 5.26. The average molecular weight is 263 g/mol. The van der Waals surface area contributed by atoms with Crippen LogP contribution < -0.4 is 11.1 Å². The van der Waals surface area contributed by atoms with Crippen molar-refractivity contribution in [1.82, 2.24) is 10.3 Å². The zero-order valence-corrected chi connectivity index (χ0v) is 10.9. The number of anilines is 1. The molecule has 18 heavy (non-hydrogen) atoms. The van der Waals surface area contributed by atoms with Crippen LogP contribution in [0.4, 0.5) is 5.69 Å². The molecule has 0 radical (unpaired) electrons. The number of carbonyl (C=O) groups excluding carboxylic acids is 1. The van der Waals surface area contributed by atoms with Gasteiger partial charge in [0.1, 0.15) is 6.26 Å². The van der Waals surface area contributed by atoms with Crippen molar-refractivity contribution in [1.29, 1.82) is 0 Å². The highest BCUT2D eigenvalue weighted by Crippen LogP contribution is 2.31. The molecular formula is C12H13N3O2S. The third kappa shape index (κ3) is 2.65. The van der Waals surface area contributed by atoms with Gasteiger partial charge in [-0.25, -0.2) is 4.98 Å². The molecule has 0 fully saturated rings. The van der Waals surface area contributed by atoms with Crippen molar-refractivity contribution in [2.24, 2.45) is 0 Å². The summed E-state index contributed by atoms with van der Waals surface area (Å²) in [4.78, 5) is 16.6. The molecule has 1 aromatic carbocycles. The predicted octanol–water partition coefficient (Wildman–Crippen LogP) is 2.08. The lowest BCUT2D eigenvalue weighted by Gasteiger charge is -2.06. The Kier molecular flexibility index (Phi) is 3.57. The van der Waals surface area contributed by atoms with E-state index in [0.717, 1.165) is 10.6 Å². The van der Waals surface area contributed by atoms with Crippen molar-refractivity contribution in [2.75, 3.05) is 12.8 Å². The fraction of sp³-hybridized carbons (Fsp3) is 0.167. The first-order chi connectivity index (χ1) is 8.60. The second-order valence-electron chi connectivity index (χ2n) is 3.69. The van der Waals surface area contributed by atoms with Crippen LogP contribution in [-0.2, 0) is 0 Å². The number of rotatable bonds is 3. The van der Waals surface area contributed by atoms with E-state index >= 15 is 0 Å². The number of hydrogen-bond acceptors (Lipinski definition) is 5. The number of nitrogens with one attached hydrogen (secondary N) is 1. The van der Waals surface area contributed by atoms with E-state index in [1.165, 1.54) is 11.8 Å². The van der Waals surface area contributed by atoms with E-state index in [1.54, 1.807) is 31.5 Å². The third-order valence-electron chi connectivity index (χ3n) is 2.27. The molecule has 6 heteroatoms. The van der Waals surface area contributed by atoms with Crippen molar-refractivity contribution in [2.45, 2.75) is 17.0 Å². The molecule has 2 rings (SSSR count). The van der Waals surface area contributed by atoms with Gasteiger partial charge in [0.2, 0.25) is 0 Å². The van der Waals surface area contributed by atoms with Gasteiger partial charge in [-0.05, 0) is 36.9 Å². The summed E-state index contributed by atoms with van der Waals surface area (Å²) in [6.45, 7) is 1.84. The van der Waals surface area contributed by atoms with Gasteiger partial charge in [0.25, 0.3) is 11.1 Å². The maximum Gasteiger partial charge on any atom is 0.260 e. The molecule has 94 valence electrons. The van der Waals surface area contributed by atoms with Crippen LogP contribution in [0.1, 0.15) is 16.1 Å². The highest BCUT2D eigenvalue weighted by atomic mass is 32.2. The Labute approximate surface area is 109 Å². The lowest BCUT2D eigenvalue weighted by molar-refractivity contribution is 0.0960. The van der Waals surface area contributed by atoms with E-state index in [1.807, 2.05) is 6.92 Å². The number of benzene rings is 1. The predicted molar refractivity (Wildman–Crippen MR) is 69.6 cm³/mol. The zero-order valence-electron chi connectivity index (χ0n) is 10.1. The molecule has 2 aromatic rings. The molecule has 0 aliphatic heterocycles. The second-order valence-corrected chi connectivity index (χ2v) is 4.68. The Morgan fingerprint density at radius 3 is 2.89 bits per heavy atom. The van der Waals surface area contributed by atoms with E-state index in [2.05, 4.69) is 10.3 Å². The first-order valence-corrected chi connectivity index (χ1v) is 6.13. The van der Waals surface area contributed by atoms with Crippen molar-refractivity contribution >= 4 is 23.4 Å². The maximum atomic E-state index is 11.7. The molecule has 0 aliphatic carbocycles. The summed E-state index contributed by atoms with van der Waals surface area (Å²) in [5.41, 5.74) is 7.67. The van der Waals surface area contributed by atoms with Gasteiger partial charge in [-0.15, -0.1) is 0 Å². The number of aryl methyl sites for hydroxylation is 1. The quantitative estimate of drug-likeness (QED) is 0.828. The van der Waals surface area contributed by atoms with E-state index in [0.29, 0.717) is 16.5 Å². The molecule has 0 bridgehead atoms. The van der Waals surface area contributed by atoms with Crippen molar-refractivity contribution in [3.8, 4) is 0 Å². The van der Waals surface area contributed by atoms with Gasteiger partial charge >= 0.3 is 0 Å². The maximum absolute atomic E-state index is 11.7. The van der Waals surface area contributed by atoms with Gasteiger partial charge in [-0.3, -0.25) is 4.79 Å². The van der Waals surface area contributed by atoms with Gasteiger partial charge in [0, 0.05) is 17.6 Å². The largest absolute Gasteiger partial charge is 0.439 e. The fourth-order valence-electron chi connectivity index (χ4n) is 1.42. The molecule has 0 spiro atoms. The number of hydrogen-bond donors (Lipinski definition) is 2. The van der Waals surface area contributed by atoms with Gasteiger partial charge in [0.15, 0.2) is 0 Å². The highest BCUT2D eigenvalue weighted by molar-refractivity contribution is 7.99. The summed E-state index contributed by atoms with van der Waals surface area (Å²) in [5.74, 6) is -0.166. The van der Waals surface area contributed by atoms with Gasteiger partial charge in [-0.2, -0.15) is 0 Å². The van der Waals surface area contributed by atoms with Crippen LogP contribution in [0.3, 0.4) is 0 Å². The van der Waals surface area contributed by atoms with Crippen LogP contribution >= 0.6 is 11.8 Å². The summed E-state index contributed by atoms with van der Waals surface area (Å²) in [7, 11) is 1.59. The molecule has 0 saturated carbocycles. The molecule has 1 amide bonds. The van der Waals surface area contributed by atoms with Crippen LogP contribution in [0.5, 0.6) is 0 Å². The Bertz CT molecular complexity index is 580. The number of nitrogens with zero attached hydrogens (tertiary/aromatic N) is 1. The Morgan fingerprint density at radius 1 is 1.50 bits per heavy atom. The molecule has 0 aliphatic rings. The summed E-state index contributed by atoms with van der Waals surface area (Å²) in [6.07, 6.45) is 1.56. The number of nitrogens with two attached hydrogens (primary N) is 1. The standard InChI is InChI=1S/C12H13N3O2S/c1-7-6-17-12(15-7)18-10-5-8(13)3-4-9(10)11(16)14-2/h3-6H,13H2,1-2H3,(H,14,16). The summed E-state index contributed by atoms with van der Waals surface area (Å²) >= 11 is 1.27. The third-order valence-corrected chi connectivity index (χ3v) is 3.19. The molecule has 1 heterocycles. The number of nitrogen functional groups attached to an aromatic ring is 1. The number of amides is 1. The number of carbonyl (C=O) groups is 1. The average Bonchev–Trinajstić information content (AvgIpc) is 2.74. The SMILES string of the molecule is CNC(=O)c1ccc(N)cc1Sc1nc(C)co1. The smallest absolute Gasteiger partial charge is 0.260 e. The van der Waals surface area contributed by atoms with Crippen LogP contribution in [-0.4, -0.2) is 17.9 Å². The number of aromatic nitrogens is 1. The van der Waals surface area contributed by atoms with Gasteiger partial charge < -0.3 is 15.5 Å². The molecule has 0 saturated heterocycles. The van der Waals surface area contributed by atoms with E-state index in [4.69, 9.17) is 10.2 Å². The minimum absolute atomic E-state index is 0.166. The lowest BCUT2D eigenvalue weighted by atomic mass is 10.2. The normalized spacial score (nSPS) is 10.3. The molecule has 0 unspecified atom stereocenters. The minimum Gasteiger partial charge on any atom is -0.439 e. The van der Waals surface area contributed by atoms with Crippen molar-refractivity contribution in [3.63, 3.8) is 0 Å². The summed E-state index contributed by atoms with van der Waals surface area (Å²) in [5, 5.41) is 3.08. The topological polar surface area (TPSA) is 81.2 Å². The van der Waals surface area contributed by atoms with Crippen molar-refractivity contribution in [3.05, 3.63) is 35.7 Å². The van der Waals surface area contributed by atoms with Crippen LogP contribution in [0.25, 0.3) is 0 Å². The van der Waals surface area contributed by atoms with Crippen LogP contribution in [0.15, 0.2) is 39.0 Å². The van der Waals surface area contributed by atoms with Crippen LogP contribution in [0.2, 0.25) is 0 Å². The lowest BCUT2D eigenvalue weighted by Crippen LogP contribution is -2.18. The second kappa shape index (κ2) is 5.14. The number of oxazole rings is 1. The molecule has 5 nitrogen and oxygen atoms in total. The molecular weight excluding hydrogens is 250 g/mol. The van der Waals surface area contributed by atoms with Crippen LogP contribution in [0, 0.1) is 6.92 Å². The minimum atomic E-state index is -0.166. The van der Waals surface area contributed by atoms with Gasteiger partial charge in [0.05, 0.1) is 11.3 Å². The van der Waals surface area contributed by atoms with Crippen molar-refractivity contribution < 1.29 is 9.21 Å². The zero-order chi connectivity index (χ0) is 13.1. The van der Waals surface area contributed by atoms with E-state index in [9.17, 15) is 4.79 Å². The van der Waals surface area contributed by atoms with E-state index < -0.39 is 0 Å². The highest BCUT2D eigenvalue weighted by Gasteiger charge is 2.13. The fourth-order valence-corrected chi connectivity index (χ4v) is 2.36. The molecule has 3 N–H and O–H groups in total. The Balaban J connectivity index is 2.36. The monoisotopic (exact) mass is 263 g/mol. The Morgan fingerprint density at radius 2 is 2.28 bits per heavy atom. The Hall–Kier alpha value is -1.95. The first kappa shape index (κ1) is 12.5. The summed E-state index contributed by atoms with van der Waals surface area (Å²) in [6, 6.07) is 5.11. The molecule has 0 atom stereocenters.